The molecule has 0 unspecified atom stereocenters. The zero-order chi connectivity index (χ0) is 15.0. The van der Waals surface area contributed by atoms with Crippen LogP contribution in [-0.2, 0) is 16.0 Å². The number of nitrogens with zero attached hydrogens (tertiary/aromatic N) is 1. The van der Waals surface area contributed by atoms with E-state index in [0.29, 0.717) is 13.1 Å². The summed E-state index contributed by atoms with van der Waals surface area (Å²) in [6.07, 6.45) is 0.289. The zero-order valence-corrected chi connectivity index (χ0v) is 12.3. The summed E-state index contributed by atoms with van der Waals surface area (Å²) >= 11 is 0. The first-order chi connectivity index (χ1) is 9.60. The molecule has 1 aromatic carbocycles. The Bertz CT molecular complexity index is 443. The van der Waals surface area contributed by atoms with Crippen molar-refractivity contribution < 1.29 is 14.3 Å². The molecule has 5 nitrogen and oxygen atoms in total. The molecule has 0 fully saturated rings. The second-order valence-electron chi connectivity index (χ2n) is 4.39. The highest BCUT2D eigenvalue weighted by Crippen LogP contribution is 2.12. The fourth-order valence-corrected chi connectivity index (χ4v) is 1.83. The van der Waals surface area contributed by atoms with Gasteiger partial charge in [0.05, 0.1) is 20.1 Å². The lowest BCUT2D eigenvalue weighted by Gasteiger charge is -2.20. The maximum absolute atomic E-state index is 12.2. The molecular weight excluding hydrogens is 256 g/mol. The fraction of sp³-hybridized carbons (Fsp3) is 0.467. The van der Waals surface area contributed by atoms with E-state index >= 15 is 0 Å². The molecule has 0 bridgehead atoms. The van der Waals surface area contributed by atoms with Crippen LogP contribution in [0.1, 0.15) is 19.4 Å². The van der Waals surface area contributed by atoms with Crippen LogP contribution in [0, 0.1) is 0 Å². The summed E-state index contributed by atoms with van der Waals surface area (Å²) in [5, 5.41) is 2.69. The van der Waals surface area contributed by atoms with Crippen molar-refractivity contribution in [2.75, 3.05) is 26.7 Å². The molecule has 0 aliphatic heterocycles. The SMILES string of the molecule is CCNC(=O)CN(CC)C(=O)Cc1ccc(OC)cc1. The van der Waals surface area contributed by atoms with Crippen LogP contribution in [0.2, 0.25) is 0 Å². The summed E-state index contributed by atoms with van der Waals surface area (Å²) in [6, 6.07) is 7.36. The van der Waals surface area contributed by atoms with E-state index in [2.05, 4.69) is 5.32 Å². The Kier molecular flexibility index (Phi) is 6.56. The highest BCUT2D eigenvalue weighted by Gasteiger charge is 2.15. The van der Waals surface area contributed by atoms with E-state index in [4.69, 9.17) is 4.74 Å². The molecule has 0 radical (unpaired) electrons. The first-order valence-electron chi connectivity index (χ1n) is 6.78. The summed E-state index contributed by atoms with van der Waals surface area (Å²) in [6.45, 7) is 4.92. The van der Waals surface area contributed by atoms with Gasteiger partial charge in [-0.1, -0.05) is 12.1 Å². The van der Waals surface area contributed by atoms with E-state index < -0.39 is 0 Å². The van der Waals surface area contributed by atoms with Crippen LogP contribution >= 0.6 is 0 Å². The Morgan fingerprint density at radius 2 is 1.85 bits per heavy atom. The number of hydrogen-bond donors (Lipinski definition) is 1. The summed E-state index contributed by atoms with van der Waals surface area (Å²) in [4.78, 5) is 25.2. The van der Waals surface area contributed by atoms with Crippen molar-refractivity contribution in [1.82, 2.24) is 10.2 Å². The Balaban J connectivity index is 2.59. The molecule has 0 saturated heterocycles. The van der Waals surface area contributed by atoms with Crippen LogP contribution < -0.4 is 10.1 Å². The number of benzene rings is 1. The first-order valence-corrected chi connectivity index (χ1v) is 6.78. The highest BCUT2D eigenvalue weighted by molar-refractivity contribution is 5.85. The van der Waals surface area contributed by atoms with E-state index in [1.165, 1.54) is 0 Å². The molecule has 20 heavy (non-hydrogen) atoms. The topological polar surface area (TPSA) is 58.6 Å². The monoisotopic (exact) mass is 278 g/mol. The summed E-state index contributed by atoms with van der Waals surface area (Å²) in [7, 11) is 1.60. The Hall–Kier alpha value is -2.04. The molecule has 1 rings (SSSR count). The van der Waals surface area contributed by atoms with E-state index in [0.717, 1.165) is 11.3 Å². The van der Waals surface area contributed by atoms with Gasteiger partial charge < -0.3 is 15.0 Å². The number of hydrogen-bond acceptors (Lipinski definition) is 3. The molecule has 1 N–H and O–H groups in total. The van der Waals surface area contributed by atoms with Crippen molar-refractivity contribution in [2.45, 2.75) is 20.3 Å². The van der Waals surface area contributed by atoms with Gasteiger partial charge in [0.1, 0.15) is 5.75 Å². The third-order valence-corrected chi connectivity index (χ3v) is 2.96. The van der Waals surface area contributed by atoms with Crippen molar-refractivity contribution in [3.05, 3.63) is 29.8 Å². The van der Waals surface area contributed by atoms with Gasteiger partial charge in [-0.15, -0.1) is 0 Å². The minimum Gasteiger partial charge on any atom is -0.497 e. The molecule has 0 aliphatic carbocycles. The largest absolute Gasteiger partial charge is 0.497 e. The molecule has 2 amide bonds. The zero-order valence-electron chi connectivity index (χ0n) is 12.3. The molecule has 0 atom stereocenters. The summed E-state index contributed by atoms with van der Waals surface area (Å²) in [5.74, 6) is 0.581. The number of carbonyl (C=O) groups is 2. The molecule has 110 valence electrons. The van der Waals surface area contributed by atoms with E-state index in [9.17, 15) is 9.59 Å². The van der Waals surface area contributed by atoms with E-state index in [-0.39, 0.29) is 24.8 Å². The summed E-state index contributed by atoms with van der Waals surface area (Å²) in [5.41, 5.74) is 0.908. The van der Waals surface area contributed by atoms with Crippen LogP contribution in [0.4, 0.5) is 0 Å². The van der Waals surface area contributed by atoms with E-state index in [1.807, 2.05) is 38.1 Å². The van der Waals surface area contributed by atoms with Crippen LogP contribution in [0.5, 0.6) is 5.75 Å². The predicted octanol–water partition coefficient (Wildman–Crippen LogP) is 1.22. The van der Waals surface area contributed by atoms with Gasteiger partial charge in [-0.3, -0.25) is 9.59 Å². The molecular formula is C15H22N2O3. The number of ether oxygens (including phenoxy) is 1. The molecule has 5 heteroatoms. The van der Waals surface area contributed by atoms with Gasteiger partial charge in [0.25, 0.3) is 0 Å². The number of methoxy groups -OCH3 is 1. The van der Waals surface area contributed by atoms with Gasteiger partial charge in [0, 0.05) is 13.1 Å². The van der Waals surface area contributed by atoms with Gasteiger partial charge >= 0.3 is 0 Å². The minimum atomic E-state index is -0.127. The second kappa shape index (κ2) is 8.19. The number of amides is 2. The van der Waals surface area contributed by atoms with Crippen LogP contribution in [-0.4, -0.2) is 43.5 Å². The molecule has 0 spiro atoms. The lowest BCUT2D eigenvalue weighted by atomic mass is 10.1. The van der Waals surface area contributed by atoms with Gasteiger partial charge in [-0.25, -0.2) is 0 Å². The average molecular weight is 278 g/mol. The molecule has 0 heterocycles. The molecule has 0 saturated carbocycles. The summed E-state index contributed by atoms with van der Waals surface area (Å²) < 4.78 is 5.07. The fourth-order valence-electron chi connectivity index (χ4n) is 1.83. The lowest BCUT2D eigenvalue weighted by Crippen LogP contribution is -2.41. The Labute approximate surface area is 119 Å². The smallest absolute Gasteiger partial charge is 0.239 e. The second-order valence-corrected chi connectivity index (χ2v) is 4.39. The average Bonchev–Trinajstić information content (AvgIpc) is 2.45. The molecule has 1 aromatic rings. The van der Waals surface area contributed by atoms with Crippen LogP contribution in [0.3, 0.4) is 0 Å². The Morgan fingerprint density at radius 1 is 1.20 bits per heavy atom. The van der Waals surface area contributed by atoms with Gasteiger partial charge in [-0.05, 0) is 31.5 Å². The van der Waals surface area contributed by atoms with Crippen molar-refractivity contribution >= 4 is 11.8 Å². The number of nitrogens with one attached hydrogen (secondary N) is 1. The van der Waals surface area contributed by atoms with Crippen LogP contribution in [0.25, 0.3) is 0 Å². The van der Waals surface area contributed by atoms with E-state index in [1.54, 1.807) is 12.0 Å². The van der Waals surface area contributed by atoms with Crippen molar-refractivity contribution in [1.29, 1.82) is 0 Å². The van der Waals surface area contributed by atoms with Gasteiger partial charge in [0.2, 0.25) is 11.8 Å². The highest BCUT2D eigenvalue weighted by atomic mass is 16.5. The minimum absolute atomic E-state index is 0.0519. The first kappa shape index (κ1) is 16.0. The molecule has 0 aliphatic rings. The van der Waals surface area contributed by atoms with Crippen molar-refractivity contribution in [3.8, 4) is 5.75 Å². The van der Waals surface area contributed by atoms with Crippen LogP contribution in [0.15, 0.2) is 24.3 Å². The third-order valence-electron chi connectivity index (χ3n) is 2.96. The maximum atomic E-state index is 12.2. The standard InChI is InChI=1S/C15H22N2O3/c1-4-16-14(18)11-17(5-2)15(19)10-12-6-8-13(20-3)9-7-12/h6-9H,4-5,10-11H2,1-3H3,(H,16,18). The predicted molar refractivity (Wildman–Crippen MR) is 77.6 cm³/mol. The number of carbonyl (C=O) groups excluding carboxylic acids is 2. The quantitative estimate of drug-likeness (QED) is 0.816. The Morgan fingerprint density at radius 3 is 2.35 bits per heavy atom. The number of rotatable bonds is 7. The van der Waals surface area contributed by atoms with Gasteiger partial charge in [0.15, 0.2) is 0 Å². The molecule has 0 aromatic heterocycles. The van der Waals surface area contributed by atoms with Gasteiger partial charge in [-0.2, -0.15) is 0 Å². The van der Waals surface area contributed by atoms with Crippen molar-refractivity contribution in [2.24, 2.45) is 0 Å². The maximum Gasteiger partial charge on any atom is 0.239 e. The number of likely N-dealkylation sites (N-methyl/N-ethyl adjacent to an activating group) is 2. The normalized spacial score (nSPS) is 9.95. The lowest BCUT2D eigenvalue weighted by molar-refractivity contribution is -0.135. The third kappa shape index (κ3) is 4.91. The van der Waals surface area contributed by atoms with Crippen molar-refractivity contribution in [3.63, 3.8) is 0 Å².